The average molecular weight is 691 g/mol. The molecule has 52 heavy (non-hydrogen) atoms. The maximum absolute atomic E-state index is 13.8. The largest absolute Gasteiger partial charge is 0.453 e. The number of ether oxygens (including phenoxy) is 1. The summed E-state index contributed by atoms with van der Waals surface area (Å²) in [7, 11) is 1.35. The standard InChI is InChI=1S/C41H38N8O3/c1-52-41(51)48-32-11-10-26-12-13-49-22-31(17-36(50)37(32)38(26)49)39-44-20-34(46-39)25-4-2-24(3-5-25)27-6-7-29-16-30(9-8-28(29)15-27)35-21-45-40(47-35)33-14-23(18-42)19-43-33/h2-9,12-13,15-16,20-21,23,31-33,37,43H,10-11,14,17,19,22H2,1H3,(H,44,46)(H,45,47)(H,48,51)/t23-,31+,32+,33+,37?/m1/s1. The van der Waals surface area contributed by atoms with Crippen LogP contribution in [0.25, 0.3) is 44.4 Å². The Morgan fingerprint density at radius 3 is 2.38 bits per heavy atom. The summed E-state index contributed by atoms with van der Waals surface area (Å²) in [5, 5.41) is 17.8. The molecule has 1 saturated heterocycles. The summed E-state index contributed by atoms with van der Waals surface area (Å²) in [4.78, 5) is 42.2. The van der Waals surface area contributed by atoms with Crippen LogP contribution in [0, 0.1) is 17.2 Å². The normalized spacial score (nSPS) is 22.5. The van der Waals surface area contributed by atoms with Gasteiger partial charge in [0.1, 0.15) is 17.4 Å². The van der Waals surface area contributed by atoms with Crippen LogP contribution in [-0.2, 0) is 22.5 Å². The molecule has 6 aromatic rings. The highest BCUT2D eigenvalue weighted by molar-refractivity contribution is 5.91. The lowest BCUT2D eigenvalue weighted by molar-refractivity contribution is -0.121. The van der Waals surface area contributed by atoms with Crippen molar-refractivity contribution in [2.45, 2.75) is 56.1 Å². The molecule has 3 aliphatic rings. The highest BCUT2D eigenvalue weighted by Crippen LogP contribution is 2.40. The monoisotopic (exact) mass is 690 g/mol. The highest BCUT2D eigenvalue weighted by atomic mass is 16.5. The van der Waals surface area contributed by atoms with Crippen LogP contribution in [0.3, 0.4) is 0 Å². The topological polar surface area (TPSA) is 154 Å². The molecule has 0 bridgehead atoms. The van der Waals surface area contributed by atoms with Crippen molar-refractivity contribution in [1.29, 1.82) is 5.26 Å². The molecule has 9 rings (SSSR count). The molecule has 11 heteroatoms. The number of fused-ring (bicyclic) bond motifs is 1. The number of nitrogens with one attached hydrogen (secondary N) is 4. The molecule has 11 nitrogen and oxygen atoms in total. The summed E-state index contributed by atoms with van der Waals surface area (Å²) in [6, 6.07) is 25.7. The maximum atomic E-state index is 13.8. The number of rotatable bonds is 6. The van der Waals surface area contributed by atoms with E-state index in [9.17, 15) is 14.9 Å². The number of hydrogen-bond acceptors (Lipinski definition) is 7. The summed E-state index contributed by atoms with van der Waals surface area (Å²) in [6.07, 6.45) is 7.90. The minimum Gasteiger partial charge on any atom is -0.453 e. The third-order valence-corrected chi connectivity index (χ3v) is 11.1. The number of benzene rings is 3. The van der Waals surface area contributed by atoms with Gasteiger partial charge in [-0.05, 0) is 70.5 Å². The Balaban J connectivity index is 0.903. The van der Waals surface area contributed by atoms with E-state index in [2.05, 4.69) is 109 Å². The van der Waals surface area contributed by atoms with Crippen molar-refractivity contribution in [3.63, 3.8) is 0 Å². The minimum atomic E-state index is -0.508. The fourth-order valence-corrected chi connectivity index (χ4v) is 8.37. The van der Waals surface area contributed by atoms with Gasteiger partial charge in [0.2, 0.25) is 0 Å². The molecule has 0 radical (unpaired) electrons. The SMILES string of the molecule is COC(=O)N[C@H]1CCc2ccn3c2C1C(=O)C[C@H](c1ncc(-c2ccc(-c4ccc5cc(-c6cnc([C@@H]7C[C@H](C#N)CN7)[nH]6)ccc5c4)cc2)[nH]1)C3. The number of carbonyl (C=O) groups excluding carboxylic acids is 2. The van der Waals surface area contributed by atoms with E-state index < -0.39 is 12.0 Å². The molecule has 5 heterocycles. The zero-order chi connectivity index (χ0) is 35.3. The molecule has 3 aromatic carbocycles. The van der Waals surface area contributed by atoms with Crippen molar-refractivity contribution in [1.82, 2.24) is 35.1 Å². The molecule has 1 fully saturated rings. The van der Waals surface area contributed by atoms with Crippen LogP contribution in [-0.4, -0.2) is 56.1 Å². The lowest BCUT2D eigenvalue weighted by Crippen LogP contribution is -2.44. The first-order valence-electron chi connectivity index (χ1n) is 17.9. The number of amides is 1. The molecule has 1 aliphatic carbocycles. The number of nitrogens with zero attached hydrogens (tertiary/aromatic N) is 4. The van der Waals surface area contributed by atoms with Gasteiger partial charge in [0, 0.05) is 48.9 Å². The summed E-state index contributed by atoms with van der Waals surface area (Å²) in [6.45, 7) is 1.34. The first-order chi connectivity index (χ1) is 25.4. The van der Waals surface area contributed by atoms with Gasteiger partial charge in [0.05, 0.1) is 54.8 Å². The van der Waals surface area contributed by atoms with Gasteiger partial charge in [-0.25, -0.2) is 14.8 Å². The number of alkyl carbamates (subject to hydrolysis) is 1. The Bertz CT molecular complexity index is 2360. The second-order valence-corrected chi connectivity index (χ2v) is 14.2. The molecular formula is C41H38N8O3. The quantitative estimate of drug-likeness (QED) is 0.150. The number of aromatic nitrogens is 5. The Kier molecular flexibility index (Phi) is 7.97. The zero-order valence-corrected chi connectivity index (χ0v) is 28.7. The number of hydrogen-bond donors (Lipinski definition) is 4. The second kappa shape index (κ2) is 13.0. The molecule has 0 saturated carbocycles. The summed E-state index contributed by atoms with van der Waals surface area (Å²) >= 11 is 0. The van der Waals surface area contributed by atoms with Crippen molar-refractivity contribution in [2.75, 3.05) is 13.7 Å². The Morgan fingerprint density at radius 2 is 1.62 bits per heavy atom. The summed E-state index contributed by atoms with van der Waals surface area (Å²) < 4.78 is 7.03. The number of nitriles is 1. The number of H-pyrrole nitrogens is 2. The van der Waals surface area contributed by atoms with E-state index in [-0.39, 0.29) is 29.7 Å². The number of methoxy groups -OCH3 is 1. The van der Waals surface area contributed by atoms with E-state index in [1.54, 1.807) is 0 Å². The minimum absolute atomic E-state index is 0.0249. The Hall–Kier alpha value is -5.99. The fourth-order valence-electron chi connectivity index (χ4n) is 8.37. The third kappa shape index (κ3) is 5.75. The van der Waals surface area contributed by atoms with Gasteiger partial charge in [0.15, 0.2) is 0 Å². The van der Waals surface area contributed by atoms with Crippen LogP contribution >= 0.6 is 0 Å². The van der Waals surface area contributed by atoms with Crippen LogP contribution < -0.4 is 10.6 Å². The average Bonchev–Trinajstić information content (AvgIpc) is 4.00. The van der Waals surface area contributed by atoms with Gasteiger partial charge in [-0.1, -0.05) is 48.5 Å². The molecule has 2 aliphatic heterocycles. The predicted molar refractivity (Wildman–Crippen MR) is 196 cm³/mol. The fraction of sp³-hybridized carbons (Fsp3) is 0.293. The molecule has 260 valence electrons. The van der Waals surface area contributed by atoms with Crippen LogP contribution in [0.1, 0.15) is 60.0 Å². The molecule has 0 spiro atoms. The predicted octanol–water partition coefficient (Wildman–Crippen LogP) is 6.77. The Morgan fingerprint density at radius 1 is 0.923 bits per heavy atom. The first kappa shape index (κ1) is 32.0. The number of imidazole rings is 2. The van der Waals surface area contributed by atoms with Crippen LogP contribution in [0.15, 0.2) is 85.3 Å². The second-order valence-electron chi connectivity index (χ2n) is 14.2. The van der Waals surface area contributed by atoms with Gasteiger partial charge < -0.3 is 29.9 Å². The maximum Gasteiger partial charge on any atom is 0.407 e. The van der Waals surface area contributed by atoms with Crippen molar-refractivity contribution in [3.05, 3.63) is 108 Å². The first-order valence-corrected chi connectivity index (χ1v) is 17.9. The lowest BCUT2D eigenvalue weighted by atomic mass is 9.79. The van der Waals surface area contributed by atoms with Crippen LogP contribution in [0.4, 0.5) is 4.79 Å². The lowest BCUT2D eigenvalue weighted by Gasteiger charge is -2.31. The number of ketones is 1. The van der Waals surface area contributed by atoms with Crippen molar-refractivity contribution >= 4 is 22.6 Å². The van der Waals surface area contributed by atoms with Crippen molar-refractivity contribution < 1.29 is 14.3 Å². The van der Waals surface area contributed by atoms with Gasteiger partial charge in [-0.2, -0.15) is 5.26 Å². The van der Waals surface area contributed by atoms with Crippen LogP contribution in [0.2, 0.25) is 0 Å². The summed E-state index contributed by atoms with van der Waals surface area (Å²) in [5.41, 5.74) is 8.39. The van der Waals surface area contributed by atoms with E-state index in [4.69, 9.17) is 9.72 Å². The smallest absolute Gasteiger partial charge is 0.407 e. The molecule has 3 aromatic heterocycles. The van der Waals surface area contributed by atoms with Gasteiger partial charge in [0.25, 0.3) is 0 Å². The van der Waals surface area contributed by atoms with E-state index >= 15 is 0 Å². The van der Waals surface area contributed by atoms with Crippen molar-refractivity contribution in [3.8, 4) is 39.7 Å². The van der Waals surface area contributed by atoms with E-state index in [1.165, 1.54) is 12.7 Å². The van der Waals surface area contributed by atoms with Gasteiger partial charge >= 0.3 is 6.09 Å². The number of carbonyl (C=O) groups is 2. The number of Topliss-reactive ketones (excluding diaryl/α,β-unsaturated/α-hetero) is 1. The van der Waals surface area contributed by atoms with E-state index in [0.29, 0.717) is 25.9 Å². The Labute approximate surface area is 300 Å². The molecule has 4 N–H and O–H groups in total. The number of aryl methyl sites for hydroxylation is 1. The van der Waals surface area contributed by atoms with Gasteiger partial charge in [-0.15, -0.1) is 0 Å². The molecule has 1 unspecified atom stereocenters. The van der Waals surface area contributed by atoms with Gasteiger partial charge in [-0.3, -0.25) is 4.79 Å². The number of aromatic amines is 2. The molecule has 5 atom stereocenters. The molecular weight excluding hydrogens is 653 g/mol. The zero-order valence-electron chi connectivity index (χ0n) is 28.7. The highest BCUT2D eigenvalue weighted by Gasteiger charge is 2.41. The summed E-state index contributed by atoms with van der Waals surface area (Å²) in [5.74, 6) is 1.29. The van der Waals surface area contributed by atoms with Crippen molar-refractivity contribution in [2.24, 2.45) is 5.92 Å². The van der Waals surface area contributed by atoms with E-state index in [0.717, 1.165) is 74.6 Å². The third-order valence-electron chi connectivity index (χ3n) is 11.1. The van der Waals surface area contributed by atoms with E-state index in [1.807, 2.05) is 12.4 Å². The molecule has 1 amide bonds. The van der Waals surface area contributed by atoms with Crippen LogP contribution in [0.5, 0.6) is 0 Å².